The molecule has 0 atom stereocenters. The number of esters is 2. The van der Waals surface area contributed by atoms with Crippen LogP contribution in [0.1, 0.15) is 79.8 Å². The van der Waals surface area contributed by atoms with E-state index in [1.807, 2.05) is 0 Å². The Hall–Kier alpha value is -3.32. The van der Waals surface area contributed by atoms with Crippen molar-refractivity contribution >= 4 is 29.4 Å². The molecule has 7 heteroatoms. The molecule has 2 aromatic carbocycles. The third kappa shape index (κ3) is 9.92. The van der Waals surface area contributed by atoms with Crippen LogP contribution in [0.5, 0.6) is 0 Å². The Morgan fingerprint density at radius 2 is 1.65 bits per heavy atom. The molecule has 200 valence electrons. The fourth-order valence-corrected chi connectivity index (χ4v) is 4.36. The molecule has 1 saturated carbocycles. The maximum Gasteiger partial charge on any atom is 0.338 e. The quantitative estimate of drug-likeness (QED) is 0.154. The molecular formula is C30H40N2O5. The van der Waals surface area contributed by atoms with E-state index >= 15 is 0 Å². The third-order valence-electron chi connectivity index (χ3n) is 6.59. The molecule has 1 aliphatic carbocycles. The molecule has 0 heterocycles. The van der Waals surface area contributed by atoms with Crippen molar-refractivity contribution in [2.45, 2.75) is 76.9 Å². The smallest absolute Gasteiger partial charge is 0.338 e. The van der Waals surface area contributed by atoms with E-state index in [0.717, 1.165) is 49.8 Å². The molecule has 1 fully saturated rings. The van der Waals surface area contributed by atoms with E-state index in [-0.39, 0.29) is 24.8 Å². The molecular weight excluding hydrogens is 468 g/mol. The van der Waals surface area contributed by atoms with Crippen LogP contribution in [0.4, 0.5) is 11.4 Å². The van der Waals surface area contributed by atoms with Crippen molar-refractivity contribution in [3.8, 4) is 0 Å². The lowest BCUT2D eigenvalue weighted by atomic mass is 9.95. The number of carbonyl (C=O) groups is 2. The van der Waals surface area contributed by atoms with Crippen LogP contribution in [0.2, 0.25) is 0 Å². The Morgan fingerprint density at radius 1 is 0.919 bits per heavy atom. The van der Waals surface area contributed by atoms with E-state index in [9.17, 15) is 9.59 Å². The van der Waals surface area contributed by atoms with Crippen LogP contribution in [-0.2, 0) is 25.4 Å². The van der Waals surface area contributed by atoms with Gasteiger partial charge in [0.05, 0.1) is 18.3 Å². The second kappa shape index (κ2) is 15.1. The maximum absolute atomic E-state index is 12.6. The van der Waals surface area contributed by atoms with Crippen LogP contribution in [-0.4, -0.2) is 37.4 Å². The Balaban J connectivity index is 1.35. The Bertz CT molecular complexity index is 1030. The Morgan fingerprint density at radius 3 is 2.38 bits per heavy atom. The Kier molecular flexibility index (Phi) is 11.5. The van der Waals surface area contributed by atoms with Crippen LogP contribution in [0.15, 0.2) is 48.5 Å². The summed E-state index contributed by atoms with van der Waals surface area (Å²) in [5.74, 6) is -0.772. The molecule has 0 aromatic heterocycles. The minimum atomic E-state index is -0.452. The number of nitrogen functional groups attached to an aromatic ring is 2. The summed E-state index contributed by atoms with van der Waals surface area (Å²) in [6.45, 7) is 3.23. The van der Waals surface area contributed by atoms with Crippen LogP contribution in [0, 0.1) is 0 Å². The van der Waals surface area contributed by atoms with Gasteiger partial charge < -0.3 is 25.7 Å². The first-order chi connectivity index (χ1) is 17.9. The van der Waals surface area contributed by atoms with Gasteiger partial charge in [-0.15, -0.1) is 0 Å². The van der Waals surface area contributed by atoms with Crippen LogP contribution in [0.3, 0.4) is 0 Å². The van der Waals surface area contributed by atoms with Crippen molar-refractivity contribution in [2.75, 3.05) is 24.7 Å². The summed E-state index contributed by atoms with van der Waals surface area (Å²) in [7, 11) is 0. The average Bonchev–Trinajstić information content (AvgIpc) is 2.90. The van der Waals surface area contributed by atoms with E-state index in [2.05, 4.69) is 6.92 Å². The number of hydrogen-bond acceptors (Lipinski definition) is 7. The first-order valence-corrected chi connectivity index (χ1v) is 13.4. The number of hydrogen-bond donors (Lipinski definition) is 2. The maximum atomic E-state index is 12.6. The topological polar surface area (TPSA) is 114 Å². The molecule has 0 radical (unpaired) electrons. The summed E-state index contributed by atoms with van der Waals surface area (Å²) >= 11 is 0. The van der Waals surface area contributed by atoms with Gasteiger partial charge in [0.2, 0.25) is 0 Å². The molecule has 0 spiro atoms. The lowest BCUT2D eigenvalue weighted by Crippen LogP contribution is -2.28. The highest BCUT2D eigenvalue weighted by Gasteiger charge is 2.24. The molecule has 0 saturated heterocycles. The predicted octanol–water partition coefficient (Wildman–Crippen LogP) is 5.72. The van der Waals surface area contributed by atoms with E-state index in [0.29, 0.717) is 23.4 Å². The van der Waals surface area contributed by atoms with E-state index < -0.39 is 5.97 Å². The zero-order valence-electron chi connectivity index (χ0n) is 21.8. The van der Waals surface area contributed by atoms with Gasteiger partial charge in [0.25, 0.3) is 0 Å². The van der Waals surface area contributed by atoms with Crippen molar-refractivity contribution in [1.82, 2.24) is 0 Å². The van der Waals surface area contributed by atoms with E-state index in [1.165, 1.54) is 25.3 Å². The standard InChI is InChI=1S/C30H40N2O5/c1-2-3-4-5-19-35-26-12-14-27(15-13-26)37-30(34)23-9-6-22(7-10-23)8-17-29(33)36-20-18-24-21-25(31)11-16-28(24)32/h6-11,16-17,21,26-27H,2-5,12-15,18-20,31-32H2,1H3/b17-8+. The van der Waals surface area contributed by atoms with Gasteiger partial charge in [-0.05, 0) is 79.6 Å². The van der Waals surface area contributed by atoms with Gasteiger partial charge in [-0.25, -0.2) is 9.59 Å². The lowest BCUT2D eigenvalue weighted by molar-refractivity contribution is -0.137. The summed E-state index contributed by atoms with van der Waals surface area (Å²) in [5.41, 5.74) is 15.0. The summed E-state index contributed by atoms with van der Waals surface area (Å²) < 4.78 is 16.9. The summed E-state index contributed by atoms with van der Waals surface area (Å²) in [4.78, 5) is 24.6. The van der Waals surface area contributed by atoms with Gasteiger partial charge in [-0.1, -0.05) is 38.3 Å². The Labute approximate surface area is 220 Å². The molecule has 37 heavy (non-hydrogen) atoms. The van der Waals surface area contributed by atoms with Gasteiger partial charge in [-0.2, -0.15) is 0 Å². The lowest BCUT2D eigenvalue weighted by Gasteiger charge is -2.28. The van der Waals surface area contributed by atoms with Gasteiger partial charge in [0.15, 0.2) is 0 Å². The molecule has 0 amide bonds. The van der Waals surface area contributed by atoms with Crippen LogP contribution < -0.4 is 11.5 Å². The van der Waals surface area contributed by atoms with Crippen molar-refractivity contribution in [1.29, 1.82) is 0 Å². The second-order valence-corrected chi connectivity index (χ2v) is 9.57. The second-order valence-electron chi connectivity index (χ2n) is 9.57. The monoisotopic (exact) mass is 508 g/mol. The minimum absolute atomic E-state index is 0.0653. The number of nitrogens with two attached hydrogens (primary N) is 2. The zero-order valence-corrected chi connectivity index (χ0v) is 21.8. The number of unbranched alkanes of at least 4 members (excludes halogenated alkanes) is 3. The van der Waals surface area contributed by atoms with Gasteiger partial charge in [0.1, 0.15) is 6.10 Å². The molecule has 3 rings (SSSR count). The van der Waals surface area contributed by atoms with Gasteiger partial charge in [0, 0.05) is 30.5 Å². The zero-order chi connectivity index (χ0) is 26.5. The summed E-state index contributed by atoms with van der Waals surface area (Å²) in [6.07, 6.45) is 12.1. The highest BCUT2D eigenvalue weighted by Crippen LogP contribution is 2.25. The number of rotatable bonds is 13. The summed E-state index contributed by atoms with van der Waals surface area (Å²) in [5, 5.41) is 0. The largest absolute Gasteiger partial charge is 0.462 e. The van der Waals surface area contributed by atoms with Crippen LogP contribution >= 0.6 is 0 Å². The first kappa shape index (κ1) is 28.3. The highest BCUT2D eigenvalue weighted by molar-refractivity contribution is 5.90. The van der Waals surface area contributed by atoms with Crippen molar-refractivity contribution < 1.29 is 23.8 Å². The highest BCUT2D eigenvalue weighted by atomic mass is 16.5. The number of ether oxygens (including phenoxy) is 3. The SMILES string of the molecule is CCCCCCOC1CCC(OC(=O)c2ccc(/C=C/C(=O)OCCc3cc(N)ccc3N)cc2)CC1. The molecule has 2 aromatic rings. The van der Waals surface area contributed by atoms with Crippen molar-refractivity contribution in [2.24, 2.45) is 0 Å². The van der Waals surface area contributed by atoms with Crippen molar-refractivity contribution in [3.63, 3.8) is 0 Å². The number of anilines is 2. The van der Waals surface area contributed by atoms with E-state index in [4.69, 9.17) is 25.7 Å². The fraction of sp³-hybridized carbons (Fsp3) is 0.467. The molecule has 0 unspecified atom stereocenters. The normalized spacial score (nSPS) is 17.5. The molecule has 7 nitrogen and oxygen atoms in total. The average molecular weight is 509 g/mol. The predicted molar refractivity (Wildman–Crippen MR) is 147 cm³/mol. The third-order valence-corrected chi connectivity index (χ3v) is 6.59. The fourth-order valence-electron chi connectivity index (χ4n) is 4.36. The molecule has 4 N–H and O–H groups in total. The first-order valence-electron chi connectivity index (χ1n) is 13.4. The minimum Gasteiger partial charge on any atom is -0.462 e. The van der Waals surface area contributed by atoms with Gasteiger partial charge >= 0.3 is 11.9 Å². The molecule has 0 bridgehead atoms. The number of carbonyl (C=O) groups excluding carboxylic acids is 2. The van der Waals surface area contributed by atoms with Crippen LogP contribution in [0.25, 0.3) is 6.08 Å². The molecule has 1 aliphatic rings. The summed E-state index contributed by atoms with van der Waals surface area (Å²) in [6, 6.07) is 12.2. The van der Waals surface area contributed by atoms with E-state index in [1.54, 1.807) is 48.5 Å². The number of benzene rings is 2. The van der Waals surface area contributed by atoms with Gasteiger partial charge in [-0.3, -0.25) is 0 Å². The molecule has 0 aliphatic heterocycles. The van der Waals surface area contributed by atoms with Crippen molar-refractivity contribution in [3.05, 3.63) is 65.2 Å².